The van der Waals surface area contributed by atoms with Crippen LogP contribution in [0.15, 0.2) is 0 Å². The molecule has 0 saturated carbocycles. The van der Waals surface area contributed by atoms with Crippen LogP contribution in [0.25, 0.3) is 0 Å². The van der Waals surface area contributed by atoms with Crippen LogP contribution in [0.4, 0.5) is 0 Å². The number of ether oxygens (including phenoxy) is 3. The Balaban J connectivity index is 3.99. The summed E-state index contributed by atoms with van der Waals surface area (Å²) in [5.41, 5.74) is 0. The normalized spacial score (nSPS) is 11.9. The number of hydrogen-bond donors (Lipinski definition) is 0. The van der Waals surface area contributed by atoms with E-state index in [1.54, 1.807) is 0 Å². The van der Waals surface area contributed by atoms with E-state index in [0.717, 1.165) is 64.2 Å². The van der Waals surface area contributed by atoms with Gasteiger partial charge in [0.15, 0.2) is 6.10 Å². The highest BCUT2D eigenvalue weighted by atomic mass is 16.6. The molecule has 0 saturated heterocycles. The molecule has 0 aromatic carbocycles. The minimum absolute atomic E-state index is 0.0629. The van der Waals surface area contributed by atoms with Crippen LogP contribution in [-0.2, 0) is 28.6 Å². The summed E-state index contributed by atoms with van der Waals surface area (Å²) in [5.74, 6) is -0.854. The summed E-state index contributed by atoms with van der Waals surface area (Å²) >= 11 is 0. The largest absolute Gasteiger partial charge is 0.462 e. The molecule has 0 radical (unpaired) electrons. The summed E-state index contributed by atoms with van der Waals surface area (Å²) in [7, 11) is 0. The van der Waals surface area contributed by atoms with Crippen molar-refractivity contribution in [2.75, 3.05) is 13.2 Å². The molecule has 0 amide bonds. The fraction of sp³-hybridized carbons (Fsp3) is 0.946. The number of hydrogen-bond acceptors (Lipinski definition) is 6. The smallest absolute Gasteiger partial charge is 0.306 e. The second-order valence-electron chi connectivity index (χ2n) is 19.2. The SMILES string of the molecule is CCCCCCCCCCCCCCCCCCCCCCCCCCC(=O)OCC(COC(=O)CCCCCCC)OC(=O)CCCCCCCCCCCCCCCCC. The summed E-state index contributed by atoms with van der Waals surface area (Å²) in [5, 5.41) is 0. The number of carbonyl (C=O) groups excluding carboxylic acids is 3. The standard InChI is InChI=1S/C56H108O6/c1-4-7-10-13-15-17-19-21-23-24-25-26-27-28-29-30-31-33-34-36-38-40-43-46-49-55(58)61-52-53(51-60-54(57)48-45-42-12-9-6-3)62-56(59)50-47-44-41-39-37-35-32-22-20-18-16-14-11-8-5-2/h53H,4-52H2,1-3H3. The zero-order valence-electron chi connectivity index (χ0n) is 42.2. The maximum absolute atomic E-state index is 12.7. The molecule has 6 heteroatoms. The van der Waals surface area contributed by atoms with Crippen LogP contribution in [-0.4, -0.2) is 37.2 Å². The fourth-order valence-electron chi connectivity index (χ4n) is 8.62. The second-order valence-corrected chi connectivity index (χ2v) is 19.2. The summed E-state index contributed by atoms with van der Waals surface area (Å²) in [6, 6.07) is 0. The van der Waals surface area contributed by atoms with E-state index >= 15 is 0 Å². The Kier molecular flexibility index (Phi) is 50.7. The Hall–Kier alpha value is -1.59. The van der Waals surface area contributed by atoms with Crippen LogP contribution < -0.4 is 0 Å². The lowest BCUT2D eigenvalue weighted by Gasteiger charge is -2.18. The van der Waals surface area contributed by atoms with Gasteiger partial charge in [-0.15, -0.1) is 0 Å². The van der Waals surface area contributed by atoms with Gasteiger partial charge in [0.2, 0.25) is 0 Å². The number of unbranched alkanes of at least 4 members (excludes halogenated alkanes) is 41. The lowest BCUT2D eigenvalue weighted by molar-refractivity contribution is -0.167. The van der Waals surface area contributed by atoms with Gasteiger partial charge in [-0.3, -0.25) is 14.4 Å². The lowest BCUT2D eigenvalue weighted by atomic mass is 10.0. The molecule has 0 heterocycles. The summed E-state index contributed by atoms with van der Waals surface area (Å²) in [6.07, 6.45) is 57.2. The van der Waals surface area contributed by atoms with E-state index in [1.807, 2.05) is 0 Å². The summed E-state index contributed by atoms with van der Waals surface area (Å²) < 4.78 is 16.7. The highest BCUT2D eigenvalue weighted by Crippen LogP contribution is 2.18. The zero-order chi connectivity index (χ0) is 45.1. The molecule has 6 nitrogen and oxygen atoms in total. The van der Waals surface area contributed by atoms with Gasteiger partial charge in [-0.25, -0.2) is 0 Å². The topological polar surface area (TPSA) is 78.9 Å². The van der Waals surface area contributed by atoms with Gasteiger partial charge in [-0.2, -0.15) is 0 Å². The van der Waals surface area contributed by atoms with Crippen LogP contribution >= 0.6 is 0 Å². The van der Waals surface area contributed by atoms with Gasteiger partial charge >= 0.3 is 17.9 Å². The molecule has 0 rings (SSSR count). The first-order valence-electron chi connectivity index (χ1n) is 28.0. The van der Waals surface area contributed by atoms with Crippen molar-refractivity contribution >= 4 is 17.9 Å². The average molecular weight is 877 g/mol. The predicted octanol–water partition coefficient (Wildman–Crippen LogP) is 18.4. The van der Waals surface area contributed by atoms with Crippen LogP contribution in [0.2, 0.25) is 0 Å². The molecule has 0 bridgehead atoms. The molecule has 0 aliphatic heterocycles. The van der Waals surface area contributed by atoms with Crippen LogP contribution in [0, 0.1) is 0 Å². The van der Waals surface area contributed by atoms with Crippen molar-refractivity contribution in [3.63, 3.8) is 0 Å². The molecule has 1 unspecified atom stereocenters. The Morgan fingerprint density at radius 1 is 0.258 bits per heavy atom. The molecule has 0 aliphatic carbocycles. The summed E-state index contributed by atoms with van der Waals surface area (Å²) in [6.45, 7) is 6.61. The van der Waals surface area contributed by atoms with Crippen molar-refractivity contribution in [2.24, 2.45) is 0 Å². The summed E-state index contributed by atoms with van der Waals surface area (Å²) in [4.78, 5) is 37.7. The molecule has 0 aromatic rings. The third-order valence-corrected chi connectivity index (χ3v) is 12.9. The van der Waals surface area contributed by atoms with E-state index in [9.17, 15) is 14.4 Å². The molecule has 1 atom stereocenters. The highest BCUT2D eigenvalue weighted by molar-refractivity contribution is 5.71. The van der Waals surface area contributed by atoms with E-state index in [0.29, 0.717) is 19.3 Å². The van der Waals surface area contributed by atoms with Gasteiger partial charge in [0, 0.05) is 19.3 Å². The molecular formula is C56H108O6. The fourth-order valence-corrected chi connectivity index (χ4v) is 8.62. The zero-order valence-corrected chi connectivity index (χ0v) is 42.2. The van der Waals surface area contributed by atoms with Crippen molar-refractivity contribution in [1.82, 2.24) is 0 Å². The van der Waals surface area contributed by atoms with Gasteiger partial charge in [0.1, 0.15) is 13.2 Å². The molecule has 0 fully saturated rings. The van der Waals surface area contributed by atoms with E-state index < -0.39 is 6.10 Å². The van der Waals surface area contributed by atoms with Gasteiger partial charge in [0.05, 0.1) is 0 Å². The third-order valence-electron chi connectivity index (χ3n) is 12.9. The molecule has 0 spiro atoms. The van der Waals surface area contributed by atoms with Crippen molar-refractivity contribution < 1.29 is 28.6 Å². The van der Waals surface area contributed by atoms with E-state index in [4.69, 9.17) is 14.2 Å². The number of carbonyl (C=O) groups is 3. The maximum atomic E-state index is 12.7. The van der Waals surface area contributed by atoms with Crippen LogP contribution in [0.5, 0.6) is 0 Å². The molecule has 0 aliphatic rings. The molecule has 62 heavy (non-hydrogen) atoms. The monoisotopic (exact) mass is 877 g/mol. The molecule has 0 N–H and O–H groups in total. The quantitative estimate of drug-likeness (QED) is 0.0344. The van der Waals surface area contributed by atoms with E-state index in [1.165, 1.54) is 218 Å². The Labute approximate surface area is 387 Å². The highest BCUT2D eigenvalue weighted by Gasteiger charge is 2.19. The Morgan fingerprint density at radius 2 is 0.435 bits per heavy atom. The second kappa shape index (κ2) is 52.0. The molecule has 368 valence electrons. The van der Waals surface area contributed by atoms with Gasteiger partial charge in [0.25, 0.3) is 0 Å². The van der Waals surface area contributed by atoms with Gasteiger partial charge < -0.3 is 14.2 Å². The van der Waals surface area contributed by atoms with Gasteiger partial charge in [-0.1, -0.05) is 284 Å². The molecular weight excluding hydrogens is 769 g/mol. The Bertz CT molecular complexity index is 920. The van der Waals surface area contributed by atoms with Crippen molar-refractivity contribution in [3.8, 4) is 0 Å². The number of esters is 3. The Morgan fingerprint density at radius 3 is 0.645 bits per heavy atom. The average Bonchev–Trinajstić information content (AvgIpc) is 3.27. The lowest BCUT2D eigenvalue weighted by Crippen LogP contribution is -2.30. The van der Waals surface area contributed by atoms with Crippen LogP contribution in [0.3, 0.4) is 0 Å². The molecule has 0 aromatic heterocycles. The first-order valence-corrected chi connectivity index (χ1v) is 28.0. The first kappa shape index (κ1) is 60.4. The van der Waals surface area contributed by atoms with Crippen molar-refractivity contribution in [3.05, 3.63) is 0 Å². The van der Waals surface area contributed by atoms with E-state index in [2.05, 4.69) is 20.8 Å². The first-order chi connectivity index (χ1) is 30.5. The maximum Gasteiger partial charge on any atom is 0.306 e. The minimum atomic E-state index is -0.758. The third kappa shape index (κ3) is 49.4. The van der Waals surface area contributed by atoms with Crippen molar-refractivity contribution in [2.45, 2.75) is 329 Å². The predicted molar refractivity (Wildman–Crippen MR) is 266 cm³/mol. The van der Waals surface area contributed by atoms with Crippen molar-refractivity contribution in [1.29, 1.82) is 0 Å². The minimum Gasteiger partial charge on any atom is -0.462 e. The number of rotatable bonds is 52. The van der Waals surface area contributed by atoms with Crippen LogP contribution in [0.1, 0.15) is 323 Å². The van der Waals surface area contributed by atoms with Gasteiger partial charge in [-0.05, 0) is 19.3 Å². The van der Waals surface area contributed by atoms with E-state index in [-0.39, 0.29) is 31.1 Å².